The lowest BCUT2D eigenvalue weighted by Gasteiger charge is -2.12. The van der Waals surface area contributed by atoms with E-state index in [1.807, 2.05) is 0 Å². The highest BCUT2D eigenvalue weighted by molar-refractivity contribution is 7.92. The van der Waals surface area contributed by atoms with Gasteiger partial charge in [-0.05, 0) is 55.8 Å². The Hall–Kier alpha value is -2.55. The molecule has 0 aliphatic rings. The minimum Gasteiger partial charge on any atom is -0.352 e. The Morgan fingerprint density at radius 2 is 1.69 bits per heavy atom. The van der Waals surface area contributed by atoms with E-state index in [4.69, 9.17) is 0 Å². The standard InChI is InChI=1S/C17H17F3N2O3S/c1-3-21-16(23)15-10-14(9-4-11(15)2)26(24,25)22-13-7-5-12(6-8-13)17(18,19)20/h4-10,22H,3H2,1-2H3,(H,21,23). The van der Waals surface area contributed by atoms with Crippen LogP contribution in [0.3, 0.4) is 0 Å². The van der Waals surface area contributed by atoms with Crippen LogP contribution in [-0.2, 0) is 16.2 Å². The molecule has 5 nitrogen and oxygen atoms in total. The lowest BCUT2D eigenvalue weighted by Crippen LogP contribution is -2.24. The molecule has 2 N–H and O–H groups in total. The number of hydrogen-bond donors (Lipinski definition) is 2. The van der Waals surface area contributed by atoms with Crippen LogP contribution in [0.15, 0.2) is 47.4 Å². The van der Waals surface area contributed by atoms with Gasteiger partial charge in [0.05, 0.1) is 10.5 Å². The van der Waals surface area contributed by atoms with Gasteiger partial charge in [0.1, 0.15) is 0 Å². The van der Waals surface area contributed by atoms with Gasteiger partial charge in [0, 0.05) is 17.8 Å². The number of hydrogen-bond acceptors (Lipinski definition) is 3. The average molecular weight is 386 g/mol. The molecule has 1 amide bonds. The van der Waals surface area contributed by atoms with Gasteiger partial charge in [0.25, 0.3) is 15.9 Å². The molecule has 2 aromatic rings. The Bertz CT molecular complexity index is 908. The third-order valence-electron chi connectivity index (χ3n) is 3.57. The van der Waals surface area contributed by atoms with Crippen molar-refractivity contribution in [2.75, 3.05) is 11.3 Å². The van der Waals surface area contributed by atoms with E-state index in [0.29, 0.717) is 12.1 Å². The summed E-state index contributed by atoms with van der Waals surface area (Å²) in [5.74, 6) is -0.406. The van der Waals surface area contributed by atoms with Crippen molar-refractivity contribution in [3.63, 3.8) is 0 Å². The summed E-state index contributed by atoms with van der Waals surface area (Å²) in [6.45, 7) is 3.79. The van der Waals surface area contributed by atoms with Crippen molar-refractivity contribution in [1.29, 1.82) is 0 Å². The topological polar surface area (TPSA) is 75.3 Å². The molecule has 0 aromatic heterocycles. The van der Waals surface area contributed by atoms with E-state index in [1.165, 1.54) is 18.2 Å². The number of carbonyl (C=O) groups is 1. The molecule has 0 spiro atoms. The molecule has 0 saturated carbocycles. The number of anilines is 1. The van der Waals surface area contributed by atoms with Crippen molar-refractivity contribution < 1.29 is 26.4 Å². The average Bonchev–Trinajstić information content (AvgIpc) is 2.54. The Labute approximate surface area is 149 Å². The first-order valence-corrected chi connectivity index (χ1v) is 9.12. The second kappa shape index (κ2) is 7.36. The maximum atomic E-state index is 12.6. The first-order chi connectivity index (χ1) is 12.0. The first-order valence-electron chi connectivity index (χ1n) is 7.63. The van der Waals surface area contributed by atoms with Crippen molar-refractivity contribution in [2.45, 2.75) is 24.9 Å². The van der Waals surface area contributed by atoms with Crippen LogP contribution in [0.1, 0.15) is 28.4 Å². The molecule has 2 rings (SSSR count). The fourth-order valence-corrected chi connectivity index (χ4v) is 3.29. The van der Waals surface area contributed by atoms with Crippen LogP contribution in [-0.4, -0.2) is 20.9 Å². The zero-order valence-electron chi connectivity index (χ0n) is 14.0. The molecule has 0 aliphatic heterocycles. The van der Waals surface area contributed by atoms with E-state index in [-0.39, 0.29) is 16.1 Å². The minimum atomic E-state index is -4.50. The third-order valence-corrected chi connectivity index (χ3v) is 4.94. The molecule has 0 unspecified atom stereocenters. The van der Waals surface area contributed by atoms with Gasteiger partial charge in [-0.1, -0.05) is 6.07 Å². The van der Waals surface area contributed by atoms with Crippen LogP contribution in [0, 0.1) is 6.92 Å². The lowest BCUT2D eigenvalue weighted by molar-refractivity contribution is -0.137. The zero-order valence-corrected chi connectivity index (χ0v) is 14.8. The van der Waals surface area contributed by atoms with E-state index in [0.717, 1.165) is 24.3 Å². The van der Waals surface area contributed by atoms with Gasteiger partial charge < -0.3 is 5.32 Å². The van der Waals surface area contributed by atoms with Gasteiger partial charge in [0.2, 0.25) is 0 Å². The predicted octanol–water partition coefficient (Wildman–Crippen LogP) is 3.56. The van der Waals surface area contributed by atoms with Crippen LogP contribution in [0.25, 0.3) is 0 Å². The van der Waals surface area contributed by atoms with Gasteiger partial charge in [-0.3, -0.25) is 9.52 Å². The van der Waals surface area contributed by atoms with E-state index in [2.05, 4.69) is 10.0 Å². The molecule has 140 valence electrons. The summed E-state index contributed by atoms with van der Waals surface area (Å²) < 4.78 is 64.8. The van der Waals surface area contributed by atoms with E-state index in [9.17, 15) is 26.4 Å². The fraction of sp³-hybridized carbons (Fsp3) is 0.235. The summed E-state index contributed by atoms with van der Waals surface area (Å²) in [5.41, 5.74) is -0.0842. The molecule has 0 radical (unpaired) electrons. The molecule has 0 fully saturated rings. The molecule has 0 aliphatic carbocycles. The van der Waals surface area contributed by atoms with Crippen molar-refractivity contribution in [2.24, 2.45) is 0 Å². The normalized spacial score (nSPS) is 11.9. The summed E-state index contributed by atoms with van der Waals surface area (Å²) >= 11 is 0. The first kappa shape index (κ1) is 19.8. The molecule has 0 bridgehead atoms. The number of benzene rings is 2. The number of sulfonamides is 1. The summed E-state index contributed by atoms with van der Waals surface area (Å²) in [7, 11) is -4.06. The number of amides is 1. The number of alkyl halides is 3. The highest BCUT2D eigenvalue weighted by Crippen LogP contribution is 2.30. The van der Waals surface area contributed by atoms with E-state index >= 15 is 0 Å². The highest BCUT2D eigenvalue weighted by atomic mass is 32.2. The van der Waals surface area contributed by atoms with Crippen LogP contribution in [0.4, 0.5) is 18.9 Å². The van der Waals surface area contributed by atoms with Crippen LogP contribution in [0.5, 0.6) is 0 Å². The predicted molar refractivity (Wildman–Crippen MR) is 91.4 cm³/mol. The van der Waals surface area contributed by atoms with Crippen LogP contribution in [0.2, 0.25) is 0 Å². The zero-order chi connectivity index (χ0) is 19.5. The smallest absolute Gasteiger partial charge is 0.352 e. The van der Waals surface area contributed by atoms with Crippen molar-refractivity contribution in [1.82, 2.24) is 5.32 Å². The largest absolute Gasteiger partial charge is 0.416 e. The SMILES string of the molecule is CCNC(=O)c1cc(S(=O)(=O)Nc2ccc(C(F)(F)F)cc2)ccc1C. The molecular weight excluding hydrogens is 369 g/mol. The van der Waals surface area contributed by atoms with Crippen molar-refractivity contribution >= 4 is 21.6 Å². The van der Waals surface area contributed by atoms with Gasteiger partial charge in [0.15, 0.2) is 0 Å². The lowest BCUT2D eigenvalue weighted by atomic mass is 10.1. The van der Waals surface area contributed by atoms with E-state index < -0.39 is 27.7 Å². The monoisotopic (exact) mass is 386 g/mol. The Morgan fingerprint density at radius 1 is 1.08 bits per heavy atom. The van der Waals surface area contributed by atoms with Crippen LogP contribution >= 0.6 is 0 Å². The summed E-state index contributed by atoms with van der Waals surface area (Å²) in [5, 5.41) is 2.59. The number of nitrogens with one attached hydrogen (secondary N) is 2. The second-order valence-corrected chi connectivity index (χ2v) is 7.20. The number of halogens is 3. The highest BCUT2D eigenvalue weighted by Gasteiger charge is 2.30. The molecule has 0 saturated heterocycles. The third kappa shape index (κ3) is 4.54. The summed E-state index contributed by atoms with van der Waals surface area (Å²) in [4.78, 5) is 11.8. The minimum absolute atomic E-state index is 0.0156. The molecule has 0 atom stereocenters. The Kier molecular flexibility index (Phi) is 5.60. The molecule has 0 heterocycles. The number of rotatable bonds is 5. The maximum Gasteiger partial charge on any atom is 0.416 e. The molecule has 26 heavy (non-hydrogen) atoms. The van der Waals surface area contributed by atoms with E-state index in [1.54, 1.807) is 13.8 Å². The van der Waals surface area contributed by atoms with Crippen LogP contribution < -0.4 is 10.0 Å². The maximum absolute atomic E-state index is 12.6. The Balaban J connectivity index is 2.30. The van der Waals surface area contributed by atoms with Crippen molar-refractivity contribution in [3.8, 4) is 0 Å². The van der Waals surface area contributed by atoms with Crippen molar-refractivity contribution in [3.05, 3.63) is 59.2 Å². The summed E-state index contributed by atoms with van der Waals surface area (Å²) in [6, 6.07) is 7.67. The number of aryl methyl sites for hydroxylation is 1. The van der Waals surface area contributed by atoms with Gasteiger partial charge in [-0.25, -0.2) is 8.42 Å². The molecule has 2 aromatic carbocycles. The quantitative estimate of drug-likeness (QED) is 0.825. The number of carbonyl (C=O) groups excluding carboxylic acids is 1. The Morgan fingerprint density at radius 3 is 2.23 bits per heavy atom. The van der Waals surface area contributed by atoms with Gasteiger partial charge >= 0.3 is 6.18 Å². The summed E-state index contributed by atoms with van der Waals surface area (Å²) in [6.07, 6.45) is -4.50. The molecular formula is C17H17F3N2O3S. The molecule has 9 heteroatoms. The van der Waals surface area contributed by atoms with Gasteiger partial charge in [-0.2, -0.15) is 13.2 Å². The second-order valence-electron chi connectivity index (χ2n) is 5.52. The fourth-order valence-electron chi connectivity index (χ4n) is 2.21. The van der Waals surface area contributed by atoms with Gasteiger partial charge in [-0.15, -0.1) is 0 Å².